The first-order chi connectivity index (χ1) is 15.9. The summed E-state index contributed by atoms with van der Waals surface area (Å²) in [6.45, 7) is 2.43. The van der Waals surface area contributed by atoms with Gasteiger partial charge in [0.15, 0.2) is 0 Å². The fraction of sp³-hybridized carbons (Fsp3) is 0.250. The molecule has 2 aromatic heterocycles. The summed E-state index contributed by atoms with van der Waals surface area (Å²) < 4.78 is 0. The fourth-order valence-electron chi connectivity index (χ4n) is 4.33. The number of hydrogen-bond donors (Lipinski definition) is 1. The van der Waals surface area contributed by atoms with Crippen LogP contribution in [0.2, 0.25) is 10.0 Å². The Labute approximate surface area is 205 Å². The summed E-state index contributed by atoms with van der Waals surface area (Å²) in [6, 6.07) is 11.1. The van der Waals surface area contributed by atoms with Crippen molar-refractivity contribution in [3.63, 3.8) is 0 Å². The highest BCUT2D eigenvalue weighted by Gasteiger charge is 2.34. The van der Waals surface area contributed by atoms with Gasteiger partial charge >= 0.3 is 0 Å². The van der Waals surface area contributed by atoms with Crippen molar-refractivity contribution in [1.29, 1.82) is 0 Å². The van der Waals surface area contributed by atoms with E-state index in [0.29, 0.717) is 39.2 Å². The maximum atomic E-state index is 13.8. The van der Waals surface area contributed by atoms with Crippen LogP contribution >= 0.6 is 35.0 Å². The van der Waals surface area contributed by atoms with E-state index in [4.69, 9.17) is 28.2 Å². The van der Waals surface area contributed by atoms with Gasteiger partial charge in [0.05, 0.1) is 22.8 Å². The van der Waals surface area contributed by atoms with E-state index in [2.05, 4.69) is 21.0 Å². The van der Waals surface area contributed by atoms with E-state index in [-0.39, 0.29) is 11.9 Å². The number of aromatic nitrogens is 4. The van der Waals surface area contributed by atoms with Crippen molar-refractivity contribution in [3.8, 4) is 11.3 Å². The molecule has 1 fully saturated rings. The van der Waals surface area contributed by atoms with E-state index in [1.807, 2.05) is 23.3 Å². The molecular formula is C24H21Cl2N5OS. The van der Waals surface area contributed by atoms with Crippen molar-refractivity contribution in [3.05, 3.63) is 69.9 Å². The zero-order valence-corrected chi connectivity index (χ0v) is 20.4. The van der Waals surface area contributed by atoms with E-state index in [1.165, 1.54) is 0 Å². The van der Waals surface area contributed by atoms with Crippen LogP contribution in [0.15, 0.2) is 47.5 Å². The Morgan fingerprint density at radius 2 is 1.97 bits per heavy atom. The van der Waals surface area contributed by atoms with E-state index in [9.17, 15) is 4.79 Å². The smallest absolute Gasteiger partial charge is 0.258 e. The molecule has 0 bridgehead atoms. The zero-order chi connectivity index (χ0) is 23.1. The van der Waals surface area contributed by atoms with Crippen molar-refractivity contribution >= 4 is 51.9 Å². The number of thioether (sulfide) groups is 1. The predicted molar refractivity (Wildman–Crippen MR) is 133 cm³/mol. The number of para-hydroxylation sites is 1. The van der Waals surface area contributed by atoms with Crippen molar-refractivity contribution in [1.82, 2.24) is 24.8 Å². The van der Waals surface area contributed by atoms with E-state index >= 15 is 0 Å². The number of carbonyl (C=O) groups excluding carboxylic acids is 1. The molecule has 1 N–H and O–H groups in total. The number of carbonyl (C=O) groups is 1. The summed E-state index contributed by atoms with van der Waals surface area (Å²) in [5.41, 5.74) is 3.55. The second kappa shape index (κ2) is 8.97. The molecule has 168 valence electrons. The summed E-state index contributed by atoms with van der Waals surface area (Å²) in [5, 5.41) is 0.969. The first-order valence-corrected chi connectivity index (χ1v) is 12.6. The van der Waals surface area contributed by atoms with Crippen molar-refractivity contribution in [2.24, 2.45) is 0 Å². The number of rotatable bonds is 4. The van der Waals surface area contributed by atoms with Crippen LogP contribution in [-0.4, -0.2) is 43.5 Å². The van der Waals surface area contributed by atoms with Gasteiger partial charge in [0, 0.05) is 33.2 Å². The molecule has 3 heterocycles. The second-order valence-corrected chi connectivity index (χ2v) is 9.69. The number of benzene rings is 2. The SMILES string of the molecule is CSc1cccc2[nH]c(C3CCCN3C(=O)c3cnc(C)nc3-c3cc(Cl)cc(Cl)c3)nc12. The van der Waals surface area contributed by atoms with E-state index in [0.717, 1.165) is 34.6 Å². The minimum Gasteiger partial charge on any atom is -0.340 e. The summed E-state index contributed by atoms with van der Waals surface area (Å²) >= 11 is 14.1. The Balaban J connectivity index is 1.55. The van der Waals surface area contributed by atoms with Crippen LogP contribution in [0.25, 0.3) is 22.3 Å². The monoisotopic (exact) mass is 497 g/mol. The lowest BCUT2D eigenvalue weighted by molar-refractivity contribution is 0.0730. The van der Waals surface area contributed by atoms with Crippen LogP contribution in [0.1, 0.15) is 40.9 Å². The lowest BCUT2D eigenvalue weighted by Crippen LogP contribution is -2.31. The normalized spacial score (nSPS) is 16.0. The Hall–Kier alpha value is -2.61. The first kappa shape index (κ1) is 22.2. The van der Waals surface area contributed by atoms with E-state index in [1.54, 1.807) is 43.1 Å². The molecule has 2 aromatic carbocycles. The number of nitrogens with zero attached hydrogens (tertiary/aromatic N) is 4. The van der Waals surface area contributed by atoms with Gasteiger partial charge in [-0.25, -0.2) is 15.0 Å². The minimum absolute atomic E-state index is 0.130. The number of amides is 1. The van der Waals surface area contributed by atoms with Crippen LogP contribution in [-0.2, 0) is 0 Å². The maximum absolute atomic E-state index is 13.8. The molecule has 9 heteroatoms. The molecule has 1 aliphatic rings. The number of halogens is 2. The van der Waals surface area contributed by atoms with Gasteiger partial charge < -0.3 is 9.88 Å². The topological polar surface area (TPSA) is 74.8 Å². The maximum Gasteiger partial charge on any atom is 0.258 e. The van der Waals surface area contributed by atoms with Crippen LogP contribution in [0, 0.1) is 6.92 Å². The molecule has 0 saturated carbocycles. The molecule has 1 saturated heterocycles. The Bertz CT molecular complexity index is 1350. The van der Waals surface area contributed by atoms with E-state index < -0.39 is 0 Å². The van der Waals surface area contributed by atoms with Gasteiger partial charge in [-0.15, -0.1) is 11.8 Å². The number of aryl methyl sites for hydroxylation is 1. The number of likely N-dealkylation sites (tertiary alicyclic amines) is 1. The van der Waals surface area contributed by atoms with Gasteiger partial charge in [-0.05, 0) is 56.4 Å². The highest BCUT2D eigenvalue weighted by atomic mass is 35.5. The van der Waals surface area contributed by atoms with Gasteiger partial charge in [0.2, 0.25) is 0 Å². The predicted octanol–water partition coefficient (Wildman–Crippen LogP) is 6.33. The number of hydrogen-bond acceptors (Lipinski definition) is 5. The third-order valence-electron chi connectivity index (χ3n) is 5.82. The molecule has 1 atom stereocenters. The molecule has 1 amide bonds. The average Bonchev–Trinajstić information content (AvgIpc) is 3.44. The second-order valence-electron chi connectivity index (χ2n) is 7.97. The minimum atomic E-state index is -0.142. The van der Waals surface area contributed by atoms with Crippen LogP contribution in [0.5, 0.6) is 0 Å². The summed E-state index contributed by atoms with van der Waals surface area (Å²) in [6.07, 6.45) is 5.36. The number of nitrogens with one attached hydrogen (secondary N) is 1. The highest BCUT2D eigenvalue weighted by molar-refractivity contribution is 7.98. The van der Waals surface area contributed by atoms with Gasteiger partial charge in [-0.3, -0.25) is 4.79 Å². The molecule has 4 aromatic rings. The number of fused-ring (bicyclic) bond motifs is 1. The highest BCUT2D eigenvalue weighted by Crippen LogP contribution is 2.36. The molecule has 5 rings (SSSR count). The zero-order valence-electron chi connectivity index (χ0n) is 18.1. The Morgan fingerprint density at radius 3 is 2.73 bits per heavy atom. The molecule has 33 heavy (non-hydrogen) atoms. The van der Waals surface area contributed by atoms with Gasteiger partial charge in [0.1, 0.15) is 17.2 Å². The molecule has 1 unspecified atom stereocenters. The number of imidazole rings is 1. The summed E-state index contributed by atoms with van der Waals surface area (Å²) in [4.78, 5) is 33.9. The largest absolute Gasteiger partial charge is 0.340 e. The first-order valence-electron chi connectivity index (χ1n) is 10.6. The molecule has 6 nitrogen and oxygen atoms in total. The molecule has 0 radical (unpaired) electrons. The Kier molecular flexibility index (Phi) is 6.03. The third-order valence-corrected chi connectivity index (χ3v) is 7.02. The summed E-state index contributed by atoms with van der Waals surface area (Å²) in [7, 11) is 0. The molecule has 0 spiro atoms. The van der Waals surface area contributed by atoms with Crippen molar-refractivity contribution in [2.45, 2.75) is 30.7 Å². The quantitative estimate of drug-likeness (QED) is 0.333. The van der Waals surface area contributed by atoms with Crippen LogP contribution in [0.4, 0.5) is 0 Å². The molecule has 0 aliphatic carbocycles. The number of aromatic amines is 1. The van der Waals surface area contributed by atoms with Gasteiger partial charge in [0.25, 0.3) is 5.91 Å². The lowest BCUT2D eigenvalue weighted by atomic mass is 10.1. The van der Waals surface area contributed by atoms with Gasteiger partial charge in [-0.2, -0.15) is 0 Å². The number of H-pyrrole nitrogens is 1. The van der Waals surface area contributed by atoms with Crippen molar-refractivity contribution < 1.29 is 4.79 Å². The third kappa shape index (κ3) is 4.21. The van der Waals surface area contributed by atoms with Crippen molar-refractivity contribution in [2.75, 3.05) is 12.8 Å². The van der Waals surface area contributed by atoms with Gasteiger partial charge in [-0.1, -0.05) is 29.3 Å². The standard InChI is InChI=1S/C24H21Cl2N5OS/c1-13-27-12-17(21(28-13)14-9-15(25)11-16(26)10-14)24(32)31-8-4-6-19(31)23-29-18-5-3-7-20(33-2)22(18)30-23/h3,5,7,9-12,19H,4,6,8H2,1-2H3,(H,29,30). The molecular weight excluding hydrogens is 477 g/mol. The fourth-order valence-corrected chi connectivity index (χ4v) is 5.42. The van der Waals surface area contributed by atoms with Crippen LogP contribution in [0.3, 0.4) is 0 Å². The van der Waals surface area contributed by atoms with Crippen LogP contribution < -0.4 is 0 Å². The lowest BCUT2D eigenvalue weighted by Gasteiger charge is -2.24. The summed E-state index contributed by atoms with van der Waals surface area (Å²) in [5.74, 6) is 1.24. The Morgan fingerprint density at radius 1 is 1.18 bits per heavy atom. The molecule has 1 aliphatic heterocycles. The average molecular weight is 498 g/mol.